The zero-order valence-corrected chi connectivity index (χ0v) is 15.9. The fourth-order valence-electron chi connectivity index (χ4n) is 2.79. The lowest BCUT2D eigenvalue weighted by Crippen LogP contribution is -2.51. The molecule has 0 atom stereocenters. The van der Waals surface area contributed by atoms with E-state index in [2.05, 4.69) is 10.5 Å². The summed E-state index contributed by atoms with van der Waals surface area (Å²) >= 11 is 5.88. The van der Waals surface area contributed by atoms with Crippen LogP contribution in [-0.2, 0) is 5.67 Å². The fourth-order valence-corrected chi connectivity index (χ4v) is 3.04. The van der Waals surface area contributed by atoms with E-state index in [1.807, 2.05) is 0 Å². The standard InChI is InChI=1S/C16H10B2ClF7N2O2/c17-8-4-6(14(20,15(21,22)23)16(24,25)26)5-9(18)12(8)27-13(29)7-2-1-3-10(28-30)11(7)19/h1-5H,17-18H2,(H,27,29). The summed E-state index contributed by atoms with van der Waals surface area (Å²) in [4.78, 5) is 23.1. The highest BCUT2D eigenvalue weighted by molar-refractivity contribution is 6.45. The van der Waals surface area contributed by atoms with Gasteiger partial charge in [-0.05, 0) is 17.3 Å². The Morgan fingerprint density at radius 3 is 1.90 bits per heavy atom. The SMILES string of the molecule is Bc1cc(C(F)(C(F)(F)F)C(F)(F)F)cc(B)c1NC(=O)c1cccc(N=O)c1Cl. The summed E-state index contributed by atoms with van der Waals surface area (Å²) in [6, 6.07) is 4.46. The topological polar surface area (TPSA) is 58.5 Å². The number of nitrogens with zero attached hydrogens (tertiary/aromatic N) is 1. The minimum Gasteiger partial charge on any atom is -0.323 e. The number of nitroso groups, excluding NO2 is 1. The summed E-state index contributed by atoms with van der Waals surface area (Å²) in [5.74, 6) is -0.900. The molecule has 0 aliphatic carbocycles. The van der Waals surface area contributed by atoms with Crippen molar-refractivity contribution in [2.24, 2.45) is 5.18 Å². The fraction of sp³-hybridized carbons (Fsp3) is 0.188. The van der Waals surface area contributed by atoms with Crippen LogP contribution in [0, 0.1) is 4.91 Å². The minimum atomic E-state index is -6.26. The van der Waals surface area contributed by atoms with E-state index in [0.29, 0.717) is 12.1 Å². The molecule has 30 heavy (non-hydrogen) atoms. The van der Waals surface area contributed by atoms with Crippen LogP contribution < -0.4 is 16.2 Å². The number of carbonyl (C=O) groups excluding carboxylic acids is 1. The average molecular weight is 452 g/mol. The van der Waals surface area contributed by atoms with Gasteiger partial charge in [0.2, 0.25) is 0 Å². The number of hydrogen-bond acceptors (Lipinski definition) is 3. The first-order chi connectivity index (χ1) is 13.6. The Bertz CT molecular complexity index is 975. The van der Waals surface area contributed by atoms with Gasteiger partial charge in [-0.2, -0.15) is 26.3 Å². The Morgan fingerprint density at radius 2 is 1.47 bits per heavy atom. The zero-order chi connectivity index (χ0) is 23.1. The average Bonchev–Trinajstić information content (AvgIpc) is 2.61. The molecule has 0 unspecified atom stereocenters. The second-order valence-corrected chi connectivity index (χ2v) is 6.70. The molecular weight excluding hydrogens is 442 g/mol. The van der Waals surface area contributed by atoms with Crippen LogP contribution in [0.15, 0.2) is 35.5 Å². The van der Waals surface area contributed by atoms with Crippen LogP contribution in [0.5, 0.6) is 0 Å². The second-order valence-electron chi connectivity index (χ2n) is 6.32. The lowest BCUT2D eigenvalue weighted by molar-refractivity contribution is -0.348. The van der Waals surface area contributed by atoms with E-state index < -0.39 is 29.5 Å². The van der Waals surface area contributed by atoms with E-state index in [0.717, 1.165) is 15.7 Å². The van der Waals surface area contributed by atoms with Gasteiger partial charge in [0.05, 0.1) is 10.6 Å². The van der Waals surface area contributed by atoms with Crippen LogP contribution >= 0.6 is 11.6 Å². The number of anilines is 1. The summed E-state index contributed by atoms with van der Waals surface area (Å²) < 4.78 is 92.2. The van der Waals surface area contributed by atoms with Gasteiger partial charge >= 0.3 is 18.0 Å². The van der Waals surface area contributed by atoms with Crippen LogP contribution in [0.1, 0.15) is 15.9 Å². The molecule has 2 aromatic rings. The van der Waals surface area contributed by atoms with Crippen molar-refractivity contribution >= 4 is 55.5 Å². The van der Waals surface area contributed by atoms with Crippen LogP contribution in [0.2, 0.25) is 5.02 Å². The van der Waals surface area contributed by atoms with Crippen molar-refractivity contribution in [3.05, 3.63) is 51.4 Å². The third kappa shape index (κ3) is 4.03. The van der Waals surface area contributed by atoms with Crippen molar-refractivity contribution in [2.75, 3.05) is 5.32 Å². The van der Waals surface area contributed by atoms with Crippen molar-refractivity contribution in [1.82, 2.24) is 0 Å². The summed E-state index contributed by atoms with van der Waals surface area (Å²) in [7, 11) is 2.20. The molecule has 0 saturated carbocycles. The lowest BCUT2D eigenvalue weighted by Gasteiger charge is -2.31. The zero-order valence-electron chi connectivity index (χ0n) is 15.2. The molecule has 0 heterocycles. The van der Waals surface area contributed by atoms with Gasteiger partial charge in [-0.1, -0.05) is 40.7 Å². The molecular formula is C16H10B2ClF7N2O2. The van der Waals surface area contributed by atoms with E-state index >= 15 is 0 Å². The third-order valence-corrected chi connectivity index (χ3v) is 4.67. The van der Waals surface area contributed by atoms with Crippen molar-refractivity contribution < 1.29 is 35.5 Å². The van der Waals surface area contributed by atoms with Crippen molar-refractivity contribution in [2.45, 2.75) is 18.0 Å². The predicted octanol–water partition coefficient (Wildman–Crippen LogP) is 2.80. The van der Waals surface area contributed by atoms with Crippen molar-refractivity contribution in [3.63, 3.8) is 0 Å². The maximum Gasteiger partial charge on any atom is 0.435 e. The highest BCUT2D eigenvalue weighted by Crippen LogP contribution is 2.52. The van der Waals surface area contributed by atoms with Gasteiger partial charge in [-0.25, -0.2) is 4.39 Å². The molecule has 0 spiro atoms. The number of amides is 1. The highest BCUT2D eigenvalue weighted by Gasteiger charge is 2.73. The Balaban J connectivity index is 2.52. The summed E-state index contributed by atoms with van der Waals surface area (Å²) in [6.45, 7) is 0. The van der Waals surface area contributed by atoms with E-state index in [9.17, 15) is 40.4 Å². The van der Waals surface area contributed by atoms with Gasteiger partial charge in [0.25, 0.3) is 5.91 Å². The normalized spacial score (nSPS) is 12.5. The molecule has 0 saturated heterocycles. The van der Waals surface area contributed by atoms with Crippen molar-refractivity contribution in [1.29, 1.82) is 0 Å². The number of halogens is 8. The first-order valence-corrected chi connectivity index (χ1v) is 8.40. The first-order valence-electron chi connectivity index (χ1n) is 8.02. The van der Waals surface area contributed by atoms with Gasteiger partial charge in [0, 0.05) is 11.3 Å². The minimum absolute atomic E-state index is 0.143. The Kier molecular flexibility index (Phi) is 6.27. The Morgan fingerprint density at radius 1 is 0.967 bits per heavy atom. The highest BCUT2D eigenvalue weighted by atomic mass is 35.5. The molecule has 0 aliphatic rings. The molecule has 1 amide bonds. The molecule has 0 bridgehead atoms. The smallest absolute Gasteiger partial charge is 0.323 e. The summed E-state index contributed by atoms with van der Waals surface area (Å²) in [5.41, 5.74) is -8.36. The molecule has 0 fully saturated rings. The van der Waals surface area contributed by atoms with Crippen LogP contribution in [0.3, 0.4) is 0 Å². The van der Waals surface area contributed by atoms with Crippen molar-refractivity contribution in [3.8, 4) is 0 Å². The first kappa shape index (κ1) is 23.7. The Hall–Kier alpha value is -2.56. The number of rotatable bonds is 4. The predicted molar refractivity (Wildman–Crippen MR) is 103 cm³/mol. The number of hydrogen-bond donors (Lipinski definition) is 1. The van der Waals surface area contributed by atoms with E-state index in [4.69, 9.17) is 11.6 Å². The van der Waals surface area contributed by atoms with Crippen LogP contribution in [0.4, 0.5) is 42.1 Å². The molecule has 0 aromatic heterocycles. The number of carbonyl (C=O) groups is 1. The summed E-state index contributed by atoms with van der Waals surface area (Å²) in [6.07, 6.45) is -12.5. The largest absolute Gasteiger partial charge is 0.435 e. The molecule has 14 heteroatoms. The molecule has 4 nitrogen and oxygen atoms in total. The summed E-state index contributed by atoms with van der Waals surface area (Å²) in [5, 5.41) is 4.62. The maximum atomic E-state index is 14.3. The quantitative estimate of drug-likeness (QED) is 0.441. The molecule has 2 rings (SSSR count). The Labute approximate surface area is 171 Å². The van der Waals surface area contributed by atoms with Gasteiger partial charge in [-0.3, -0.25) is 4.79 Å². The van der Waals surface area contributed by atoms with Gasteiger partial charge < -0.3 is 5.32 Å². The van der Waals surface area contributed by atoms with E-state index in [1.165, 1.54) is 18.2 Å². The van der Waals surface area contributed by atoms with E-state index in [-0.39, 0.29) is 32.9 Å². The second kappa shape index (κ2) is 7.93. The number of alkyl halides is 7. The molecule has 2 aromatic carbocycles. The maximum absolute atomic E-state index is 14.3. The number of benzene rings is 2. The molecule has 1 N–H and O–H groups in total. The van der Waals surface area contributed by atoms with Gasteiger partial charge in [-0.15, -0.1) is 4.91 Å². The monoisotopic (exact) mass is 452 g/mol. The van der Waals surface area contributed by atoms with Crippen LogP contribution in [-0.4, -0.2) is 34.0 Å². The van der Waals surface area contributed by atoms with Crippen LogP contribution in [0.25, 0.3) is 0 Å². The molecule has 0 radical (unpaired) electrons. The lowest BCUT2D eigenvalue weighted by atomic mass is 9.79. The third-order valence-electron chi connectivity index (χ3n) is 4.27. The van der Waals surface area contributed by atoms with Gasteiger partial charge in [0.15, 0.2) is 0 Å². The van der Waals surface area contributed by atoms with Gasteiger partial charge in [0.1, 0.15) is 21.4 Å². The molecule has 0 aliphatic heterocycles. The molecule has 158 valence electrons. The van der Waals surface area contributed by atoms with E-state index in [1.54, 1.807) is 0 Å². The number of nitrogens with one attached hydrogen (secondary N) is 1.